The Kier molecular flexibility index (Phi) is 7.96. The lowest BCUT2D eigenvalue weighted by atomic mass is 10.2. The number of pyridine rings is 1. The molecule has 0 unspecified atom stereocenters. The van der Waals surface area contributed by atoms with Crippen LogP contribution in [0.15, 0.2) is 34.0 Å². The van der Waals surface area contributed by atoms with Crippen molar-refractivity contribution in [2.75, 3.05) is 38.1 Å². The van der Waals surface area contributed by atoms with Crippen LogP contribution < -0.4 is 21.5 Å². The van der Waals surface area contributed by atoms with E-state index in [4.69, 9.17) is 9.90 Å². The second-order valence-electron chi connectivity index (χ2n) is 7.28. The molecule has 0 aliphatic carbocycles. The number of nitrogens with zero attached hydrogens (tertiary/aromatic N) is 4. The summed E-state index contributed by atoms with van der Waals surface area (Å²) < 4.78 is 1.22. The fraction of sp³-hybridized carbons (Fsp3) is 0.381. The van der Waals surface area contributed by atoms with E-state index in [1.807, 2.05) is 12.1 Å². The molecule has 176 valence electrons. The predicted octanol–water partition coefficient (Wildman–Crippen LogP) is 0.549. The Balaban J connectivity index is 0.000000968. The zero-order chi connectivity index (χ0) is 24.0. The number of carboxylic acid groups (broad SMARTS) is 1. The van der Waals surface area contributed by atoms with Crippen molar-refractivity contribution >= 4 is 39.6 Å². The molecule has 3 N–H and O–H groups in total. The Morgan fingerprint density at radius 3 is 2.55 bits per heavy atom. The number of thiophene rings is 1. The fourth-order valence-corrected chi connectivity index (χ4v) is 4.76. The van der Waals surface area contributed by atoms with Gasteiger partial charge in [-0.25, -0.2) is 9.78 Å². The third-order valence-corrected chi connectivity index (χ3v) is 6.40. The first-order valence-electron chi connectivity index (χ1n) is 10.4. The maximum Gasteiger partial charge on any atom is 0.329 e. The van der Waals surface area contributed by atoms with E-state index in [-0.39, 0.29) is 23.6 Å². The highest BCUT2D eigenvalue weighted by molar-refractivity contribution is 7.18. The lowest BCUT2D eigenvalue weighted by Gasteiger charge is -2.35. The molecule has 3 aromatic heterocycles. The Labute approximate surface area is 193 Å². The van der Waals surface area contributed by atoms with E-state index >= 15 is 0 Å². The van der Waals surface area contributed by atoms with E-state index in [0.717, 1.165) is 43.3 Å². The molecule has 12 heteroatoms. The summed E-state index contributed by atoms with van der Waals surface area (Å²) in [5.41, 5.74) is 0.830. The maximum atomic E-state index is 12.5. The largest absolute Gasteiger partial charge is 0.483 e. The van der Waals surface area contributed by atoms with E-state index in [9.17, 15) is 14.4 Å². The molecule has 0 radical (unpaired) electrons. The summed E-state index contributed by atoms with van der Waals surface area (Å²) in [6.45, 7) is 6.10. The molecular weight excluding hydrogens is 448 g/mol. The highest BCUT2D eigenvalue weighted by Crippen LogP contribution is 2.23. The lowest BCUT2D eigenvalue weighted by molar-refractivity contribution is -0.122. The standard InChI is InChI=1S/C20H24N6O3S.CH2O2/c1-3-26-19(28)15-10-14(30-18(15)23-20(26)29)12-24-6-8-25(9-7-24)13-4-5-16(22-11-13)17(27)21-2;2-1-3/h4-5,10-11H,3,6-9,12H2,1-2H3,(H,21,27)(H,23,29);1H,(H,2,3). The summed E-state index contributed by atoms with van der Waals surface area (Å²) in [5.74, 6) is -0.193. The van der Waals surface area contributed by atoms with Gasteiger partial charge in [0, 0.05) is 51.2 Å². The van der Waals surface area contributed by atoms with Gasteiger partial charge in [0.1, 0.15) is 10.5 Å². The number of aromatic nitrogens is 3. The Morgan fingerprint density at radius 2 is 1.97 bits per heavy atom. The highest BCUT2D eigenvalue weighted by Gasteiger charge is 2.19. The van der Waals surface area contributed by atoms with Crippen LogP contribution >= 0.6 is 11.3 Å². The summed E-state index contributed by atoms with van der Waals surface area (Å²) in [4.78, 5) is 57.8. The molecule has 1 saturated heterocycles. The number of carbonyl (C=O) groups excluding carboxylic acids is 1. The van der Waals surface area contributed by atoms with Crippen LogP contribution in [0.1, 0.15) is 22.3 Å². The van der Waals surface area contributed by atoms with Crippen LogP contribution in [0.5, 0.6) is 0 Å². The third kappa shape index (κ3) is 5.46. The molecule has 3 aromatic rings. The van der Waals surface area contributed by atoms with Crippen molar-refractivity contribution in [3.05, 3.63) is 55.8 Å². The molecule has 1 aliphatic rings. The van der Waals surface area contributed by atoms with Gasteiger partial charge in [0.2, 0.25) is 0 Å². The molecule has 0 aromatic carbocycles. The number of nitrogens with one attached hydrogen (secondary N) is 2. The van der Waals surface area contributed by atoms with Crippen LogP contribution in [0.4, 0.5) is 5.69 Å². The molecule has 0 bridgehead atoms. The summed E-state index contributed by atoms with van der Waals surface area (Å²) >= 11 is 1.47. The molecule has 0 atom stereocenters. The van der Waals surface area contributed by atoms with Gasteiger partial charge in [-0.1, -0.05) is 0 Å². The number of fused-ring (bicyclic) bond motifs is 1. The van der Waals surface area contributed by atoms with E-state index in [1.54, 1.807) is 26.2 Å². The molecular formula is C21H26N6O5S. The molecule has 11 nitrogen and oxygen atoms in total. The summed E-state index contributed by atoms with van der Waals surface area (Å²) in [7, 11) is 1.59. The zero-order valence-corrected chi connectivity index (χ0v) is 19.2. The second-order valence-corrected chi connectivity index (χ2v) is 8.42. The van der Waals surface area contributed by atoms with E-state index in [0.29, 0.717) is 22.5 Å². The molecule has 0 saturated carbocycles. The van der Waals surface area contributed by atoms with Gasteiger partial charge < -0.3 is 15.3 Å². The lowest BCUT2D eigenvalue weighted by Crippen LogP contribution is -2.45. The van der Waals surface area contributed by atoms with Gasteiger partial charge >= 0.3 is 5.69 Å². The van der Waals surface area contributed by atoms with Crippen molar-refractivity contribution in [1.82, 2.24) is 24.8 Å². The van der Waals surface area contributed by atoms with Crippen LogP contribution in [0.2, 0.25) is 0 Å². The number of anilines is 1. The van der Waals surface area contributed by atoms with Gasteiger partial charge in [-0.3, -0.25) is 28.8 Å². The maximum absolute atomic E-state index is 12.5. The Bertz CT molecular complexity index is 1220. The van der Waals surface area contributed by atoms with E-state index in [1.165, 1.54) is 15.9 Å². The molecule has 4 heterocycles. The normalized spacial score (nSPS) is 13.9. The molecule has 1 fully saturated rings. The predicted molar refractivity (Wildman–Crippen MR) is 126 cm³/mol. The zero-order valence-electron chi connectivity index (χ0n) is 18.4. The van der Waals surface area contributed by atoms with Crippen LogP contribution in [0, 0.1) is 0 Å². The van der Waals surface area contributed by atoms with Gasteiger partial charge in [-0.05, 0) is 25.1 Å². The van der Waals surface area contributed by atoms with Crippen LogP contribution in [0.3, 0.4) is 0 Å². The molecule has 4 rings (SSSR count). The van der Waals surface area contributed by atoms with Crippen LogP contribution in [0.25, 0.3) is 10.2 Å². The SMILES string of the molecule is CCn1c(=O)[nH]c2sc(CN3CCN(c4ccc(C(=O)NC)nc4)CC3)cc2c1=O.O=CO. The average molecular weight is 475 g/mol. The van der Waals surface area contributed by atoms with Crippen LogP contribution in [-0.4, -0.2) is 70.1 Å². The second kappa shape index (κ2) is 10.9. The first-order valence-corrected chi connectivity index (χ1v) is 11.2. The minimum absolute atomic E-state index is 0.193. The van der Waals surface area contributed by atoms with Gasteiger partial charge in [0.05, 0.1) is 17.3 Å². The van der Waals surface area contributed by atoms with Gasteiger partial charge in [0.25, 0.3) is 17.9 Å². The van der Waals surface area contributed by atoms with Crippen molar-refractivity contribution in [3.8, 4) is 0 Å². The number of aromatic amines is 1. The molecule has 1 amide bonds. The van der Waals surface area contributed by atoms with Gasteiger partial charge in [-0.2, -0.15) is 0 Å². The highest BCUT2D eigenvalue weighted by atomic mass is 32.1. The smallest absolute Gasteiger partial charge is 0.329 e. The summed E-state index contributed by atoms with van der Waals surface area (Å²) in [6.07, 6.45) is 1.74. The van der Waals surface area contributed by atoms with Gasteiger partial charge in [0.15, 0.2) is 0 Å². The van der Waals surface area contributed by atoms with Crippen molar-refractivity contribution in [1.29, 1.82) is 0 Å². The summed E-state index contributed by atoms with van der Waals surface area (Å²) in [6, 6.07) is 5.56. The van der Waals surface area contributed by atoms with Gasteiger partial charge in [-0.15, -0.1) is 11.3 Å². The number of amides is 1. The Hall–Kier alpha value is -3.51. The average Bonchev–Trinajstić information content (AvgIpc) is 3.22. The third-order valence-electron chi connectivity index (χ3n) is 5.36. The number of piperazine rings is 1. The minimum atomic E-state index is -0.354. The van der Waals surface area contributed by atoms with Crippen molar-refractivity contribution in [3.63, 3.8) is 0 Å². The quantitative estimate of drug-likeness (QED) is 0.456. The molecule has 33 heavy (non-hydrogen) atoms. The number of hydrogen-bond donors (Lipinski definition) is 3. The number of rotatable bonds is 5. The Morgan fingerprint density at radius 1 is 1.27 bits per heavy atom. The monoisotopic (exact) mass is 474 g/mol. The molecule has 0 spiro atoms. The minimum Gasteiger partial charge on any atom is -0.483 e. The van der Waals surface area contributed by atoms with Crippen molar-refractivity contribution in [2.24, 2.45) is 0 Å². The first-order chi connectivity index (χ1) is 15.9. The van der Waals surface area contributed by atoms with Crippen molar-refractivity contribution in [2.45, 2.75) is 20.0 Å². The first kappa shape index (κ1) is 24.1. The number of carbonyl (C=O) groups is 2. The fourth-order valence-electron chi connectivity index (χ4n) is 3.68. The topological polar surface area (TPSA) is 141 Å². The van der Waals surface area contributed by atoms with E-state index < -0.39 is 0 Å². The summed E-state index contributed by atoms with van der Waals surface area (Å²) in [5, 5.41) is 10.0. The van der Waals surface area contributed by atoms with Crippen molar-refractivity contribution < 1.29 is 14.7 Å². The number of H-pyrrole nitrogens is 1. The van der Waals surface area contributed by atoms with Crippen LogP contribution in [-0.2, 0) is 17.9 Å². The van der Waals surface area contributed by atoms with E-state index in [2.05, 4.69) is 25.1 Å². The number of hydrogen-bond acceptors (Lipinski definition) is 8. The molecule has 1 aliphatic heterocycles.